The molecule has 0 bridgehead atoms. The van der Waals surface area contributed by atoms with Crippen LogP contribution in [0.15, 0.2) is 66.0 Å². The molecule has 5 nitrogen and oxygen atoms in total. The molecule has 1 aliphatic rings. The zero-order chi connectivity index (χ0) is 17.9. The highest BCUT2D eigenvalue weighted by Gasteiger charge is 2.35. The molecule has 2 amide bonds. The molecule has 1 saturated heterocycles. The monoisotopic (exact) mass is 363 g/mol. The van der Waals surface area contributed by atoms with Gasteiger partial charge in [-0.15, -0.1) is 11.3 Å². The number of nitrogens with zero attached hydrogens (tertiary/aromatic N) is 2. The summed E-state index contributed by atoms with van der Waals surface area (Å²) in [6, 6.07) is 19.3. The van der Waals surface area contributed by atoms with E-state index < -0.39 is 0 Å². The number of carbonyl (C=O) groups is 2. The van der Waals surface area contributed by atoms with Gasteiger partial charge in [-0.1, -0.05) is 48.5 Å². The van der Waals surface area contributed by atoms with Gasteiger partial charge in [0.2, 0.25) is 11.8 Å². The van der Waals surface area contributed by atoms with E-state index >= 15 is 0 Å². The van der Waals surface area contributed by atoms with E-state index in [1.54, 1.807) is 4.90 Å². The van der Waals surface area contributed by atoms with Crippen molar-refractivity contribution in [3.05, 3.63) is 66.0 Å². The third kappa shape index (κ3) is 3.36. The fraction of sp³-hybridized carbons (Fsp3) is 0.150. The van der Waals surface area contributed by atoms with Crippen molar-refractivity contribution in [2.45, 2.75) is 6.42 Å². The van der Waals surface area contributed by atoms with E-state index in [4.69, 9.17) is 0 Å². The lowest BCUT2D eigenvalue weighted by Gasteiger charge is -2.16. The number of thiazole rings is 1. The first-order valence-corrected chi connectivity index (χ1v) is 9.26. The minimum absolute atomic E-state index is 0.0273. The highest BCUT2D eigenvalue weighted by atomic mass is 32.1. The van der Waals surface area contributed by atoms with Crippen LogP contribution in [0.2, 0.25) is 0 Å². The summed E-state index contributed by atoms with van der Waals surface area (Å²) in [5.74, 6) is -0.557. The number of carbonyl (C=O) groups excluding carboxylic acids is 2. The zero-order valence-corrected chi connectivity index (χ0v) is 14.8. The summed E-state index contributed by atoms with van der Waals surface area (Å²) < 4.78 is 0. The number of amides is 2. The predicted octanol–water partition coefficient (Wildman–Crippen LogP) is 3.80. The van der Waals surface area contributed by atoms with Crippen LogP contribution in [0, 0.1) is 5.92 Å². The summed E-state index contributed by atoms with van der Waals surface area (Å²) in [6.45, 7) is 0.394. The van der Waals surface area contributed by atoms with Crippen molar-refractivity contribution in [3.8, 4) is 11.3 Å². The van der Waals surface area contributed by atoms with Crippen LogP contribution in [0.1, 0.15) is 6.42 Å². The molecule has 3 aromatic rings. The first kappa shape index (κ1) is 16.5. The van der Waals surface area contributed by atoms with E-state index in [1.165, 1.54) is 11.3 Å². The molecule has 0 unspecified atom stereocenters. The number of rotatable bonds is 4. The van der Waals surface area contributed by atoms with Crippen molar-refractivity contribution < 1.29 is 9.59 Å². The first-order chi connectivity index (χ1) is 12.7. The van der Waals surface area contributed by atoms with Crippen molar-refractivity contribution >= 4 is 34.0 Å². The standard InChI is InChI=1S/C20H17N3O2S/c24-18-11-15(12-23(18)16-9-5-2-6-10-16)19(25)22-20-21-17(13-26-20)14-7-3-1-4-8-14/h1-10,13,15H,11-12H2,(H,21,22,25)/t15-/m1/s1. The Balaban J connectivity index is 1.43. The Morgan fingerprint density at radius 3 is 2.50 bits per heavy atom. The molecule has 130 valence electrons. The number of hydrogen-bond donors (Lipinski definition) is 1. The van der Waals surface area contributed by atoms with Crippen molar-refractivity contribution in [3.63, 3.8) is 0 Å². The second kappa shape index (κ2) is 7.09. The quantitative estimate of drug-likeness (QED) is 0.767. The van der Waals surface area contributed by atoms with Crippen molar-refractivity contribution in [1.29, 1.82) is 0 Å². The number of hydrogen-bond acceptors (Lipinski definition) is 4. The third-order valence-corrected chi connectivity index (χ3v) is 5.13. The second-order valence-electron chi connectivity index (χ2n) is 6.13. The molecular formula is C20H17N3O2S. The highest BCUT2D eigenvalue weighted by Crippen LogP contribution is 2.28. The van der Waals surface area contributed by atoms with Crippen LogP contribution >= 0.6 is 11.3 Å². The number of aromatic nitrogens is 1. The van der Waals surface area contributed by atoms with Gasteiger partial charge in [0.25, 0.3) is 0 Å². The van der Waals surface area contributed by atoms with Crippen LogP contribution in [-0.2, 0) is 9.59 Å². The Morgan fingerprint density at radius 1 is 1.08 bits per heavy atom. The minimum Gasteiger partial charge on any atom is -0.312 e. The maximum absolute atomic E-state index is 12.6. The molecule has 2 heterocycles. The molecule has 1 N–H and O–H groups in total. The zero-order valence-electron chi connectivity index (χ0n) is 14.0. The first-order valence-electron chi connectivity index (χ1n) is 8.38. The maximum atomic E-state index is 12.6. The maximum Gasteiger partial charge on any atom is 0.231 e. The molecular weight excluding hydrogens is 346 g/mol. The number of benzene rings is 2. The van der Waals surface area contributed by atoms with Crippen LogP contribution in [0.25, 0.3) is 11.3 Å². The largest absolute Gasteiger partial charge is 0.312 e. The van der Waals surface area contributed by atoms with Gasteiger partial charge in [-0.2, -0.15) is 0 Å². The van der Waals surface area contributed by atoms with Crippen molar-refractivity contribution in [1.82, 2.24) is 4.98 Å². The van der Waals surface area contributed by atoms with Crippen LogP contribution in [0.5, 0.6) is 0 Å². The SMILES string of the molecule is O=C(Nc1nc(-c2ccccc2)cs1)[C@@H]1CC(=O)N(c2ccccc2)C1. The fourth-order valence-electron chi connectivity index (χ4n) is 3.02. The summed E-state index contributed by atoms with van der Waals surface area (Å²) in [7, 11) is 0. The number of anilines is 2. The average Bonchev–Trinajstić information content (AvgIpc) is 3.30. The lowest BCUT2D eigenvalue weighted by molar-refractivity contribution is -0.122. The summed E-state index contributed by atoms with van der Waals surface area (Å²) in [6.07, 6.45) is 0.220. The van der Waals surface area contributed by atoms with Gasteiger partial charge in [-0.05, 0) is 12.1 Å². The summed E-state index contributed by atoms with van der Waals surface area (Å²) in [5.41, 5.74) is 2.67. The van der Waals surface area contributed by atoms with Crippen LogP contribution in [-0.4, -0.2) is 23.3 Å². The predicted molar refractivity (Wildman–Crippen MR) is 103 cm³/mol. The Kier molecular flexibility index (Phi) is 4.50. The highest BCUT2D eigenvalue weighted by molar-refractivity contribution is 7.14. The molecule has 1 atom stereocenters. The Labute approximate surface area is 155 Å². The molecule has 0 spiro atoms. The summed E-state index contributed by atoms with van der Waals surface area (Å²) in [4.78, 5) is 31.0. The lowest BCUT2D eigenvalue weighted by atomic mass is 10.1. The molecule has 4 rings (SSSR count). The van der Waals surface area contributed by atoms with Gasteiger partial charge in [0.1, 0.15) is 0 Å². The van der Waals surface area contributed by atoms with Gasteiger partial charge in [0, 0.05) is 29.6 Å². The molecule has 1 aromatic heterocycles. The van der Waals surface area contributed by atoms with E-state index in [0.717, 1.165) is 16.9 Å². The van der Waals surface area contributed by atoms with Crippen LogP contribution < -0.4 is 10.2 Å². The lowest BCUT2D eigenvalue weighted by Crippen LogP contribution is -2.28. The molecule has 6 heteroatoms. The van der Waals surface area contributed by atoms with Gasteiger partial charge in [0.15, 0.2) is 5.13 Å². The van der Waals surface area contributed by atoms with E-state index in [-0.39, 0.29) is 24.2 Å². The van der Waals surface area contributed by atoms with E-state index in [2.05, 4.69) is 10.3 Å². The van der Waals surface area contributed by atoms with Crippen LogP contribution in [0.4, 0.5) is 10.8 Å². The number of nitrogens with one attached hydrogen (secondary N) is 1. The van der Waals surface area contributed by atoms with Crippen LogP contribution in [0.3, 0.4) is 0 Å². The number of para-hydroxylation sites is 1. The Morgan fingerprint density at radius 2 is 1.77 bits per heavy atom. The van der Waals surface area contributed by atoms with E-state index in [0.29, 0.717) is 11.7 Å². The minimum atomic E-state index is -0.369. The Bertz CT molecular complexity index is 924. The molecule has 2 aromatic carbocycles. The molecule has 0 radical (unpaired) electrons. The summed E-state index contributed by atoms with van der Waals surface area (Å²) in [5, 5.41) is 5.33. The Hall–Kier alpha value is -2.99. The average molecular weight is 363 g/mol. The van der Waals surface area contributed by atoms with E-state index in [9.17, 15) is 9.59 Å². The molecule has 1 fully saturated rings. The van der Waals surface area contributed by atoms with Gasteiger partial charge in [-0.3, -0.25) is 9.59 Å². The summed E-state index contributed by atoms with van der Waals surface area (Å²) >= 11 is 1.39. The topological polar surface area (TPSA) is 62.3 Å². The van der Waals surface area contributed by atoms with Gasteiger partial charge in [-0.25, -0.2) is 4.98 Å². The van der Waals surface area contributed by atoms with E-state index in [1.807, 2.05) is 66.0 Å². The molecule has 0 aliphatic carbocycles. The fourth-order valence-corrected chi connectivity index (χ4v) is 3.74. The molecule has 1 aliphatic heterocycles. The van der Waals surface area contributed by atoms with Gasteiger partial charge < -0.3 is 10.2 Å². The smallest absolute Gasteiger partial charge is 0.231 e. The molecule has 26 heavy (non-hydrogen) atoms. The normalized spacial score (nSPS) is 16.7. The molecule has 0 saturated carbocycles. The second-order valence-corrected chi connectivity index (χ2v) is 6.99. The van der Waals surface area contributed by atoms with Gasteiger partial charge in [0.05, 0.1) is 11.6 Å². The van der Waals surface area contributed by atoms with Gasteiger partial charge >= 0.3 is 0 Å². The van der Waals surface area contributed by atoms with Crippen molar-refractivity contribution in [2.24, 2.45) is 5.92 Å². The van der Waals surface area contributed by atoms with Crippen molar-refractivity contribution in [2.75, 3.05) is 16.8 Å². The third-order valence-electron chi connectivity index (χ3n) is 4.37.